The van der Waals surface area contributed by atoms with E-state index in [9.17, 15) is 4.79 Å². The molecule has 3 nitrogen and oxygen atoms in total. The highest BCUT2D eigenvalue weighted by atomic mass is 79.9. The molecule has 0 spiro atoms. The van der Waals surface area contributed by atoms with Gasteiger partial charge in [0.15, 0.2) is 0 Å². The Bertz CT molecular complexity index is 153. The SMILES string of the molecule is CCCCCC(C)C(Br)NC(=O)O. The molecule has 0 aliphatic rings. The van der Waals surface area contributed by atoms with E-state index in [1.165, 1.54) is 19.3 Å². The molecule has 0 radical (unpaired) electrons. The quantitative estimate of drug-likeness (QED) is 0.433. The largest absolute Gasteiger partial charge is 0.465 e. The summed E-state index contributed by atoms with van der Waals surface area (Å²) in [5.41, 5.74) is 0. The third-order valence-corrected chi connectivity index (χ3v) is 3.16. The molecule has 78 valence electrons. The fourth-order valence-corrected chi connectivity index (χ4v) is 1.58. The molecule has 2 atom stereocenters. The van der Waals surface area contributed by atoms with Crippen molar-refractivity contribution in [2.24, 2.45) is 5.92 Å². The third kappa shape index (κ3) is 6.87. The zero-order valence-electron chi connectivity index (χ0n) is 8.22. The van der Waals surface area contributed by atoms with Gasteiger partial charge >= 0.3 is 6.09 Å². The van der Waals surface area contributed by atoms with Gasteiger partial charge in [0, 0.05) is 0 Å². The Morgan fingerprint density at radius 2 is 2.15 bits per heavy atom. The van der Waals surface area contributed by atoms with Crippen LogP contribution in [-0.4, -0.2) is 16.2 Å². The Morgan fingerprint density at radius 1 is 1.54 bits per heavy atom. The van der Waals surface area contributed by atoms with Crippen LogP contribution in [0.1, 0.15) is 39.5 Å². The molecule has 2 N–H and O–H groups in total. The van der Waals surface area contributed by atoms with Crippen molar-refractivity contribution in [3.8, 4) is 0 Å². The molecule has 13 heavy (non-hydrogen) atoms. The second-order valence-electron chi connectivity index (χ2n) is 3.32. The van der Waals surface area contributed by atoms with Crippen molar-refractivity contribution < 1.29 is 9.90 Å². The molecular formula is C9H18BrNO2. The molecule has 0 bridgehead atoms. The zero-order chi connectivity index (χ0) is 10.3. The van der Waals surface area contributed by atoms with Gasteiger partial charge in [-0.3, -0.25) is 0 Å². The van der Waals surface area contributed by atoms with E-state index in [0.29, 0.717) is 5.92 Å². The maximum absolute atomic E-state index is 10.3. The van der Waals surface area contributed by atoms with Crippen LogP contribution in [-0.2, 0) is 0 Å². The van der Waals surface area contributed by atoms with Crippen LogP contribution < -0.4 is 5.32 Å². The molecule has 0 aliphatic heterocycles. The number of carboxylic acid groups (broad SMARTS) is 1. The normalized spacial score (nSPS) is 15.0. The van der Waals surface area contributed by atoms with Gasteiger partial charge in [0.2, 0.25) is 0 Å². The van der Waals surface area contributed by atoms with Gasteiger partial charge in [0.05, 0.1) is 4.95 Å². The number of rotatable bonds is 6. The Kier molecular flexibility index (Phi) is 7.04. The van der Waals surface area contributed by atoms with Crippen LogP contribution >= 0.6 is 15.9 Å². The number of hydrogen-bond acceptors (Lipinski definition) is 1. The summed E-state index contributed by atoms with van der Waals surface area (Å²) < 4.78 is 0. The van der Waals surface area contributed by atoms with Crippen LogP contribution in [0, 0.1) is 5.92 Å². The number of nitrogens with one attached hydrogen (secondary N) is 1. The van der Waals surface area contributed by atoms with Crippen molar-refractivity contribution in [1.82, 2.24) is 5.32 Å². The molecule has 0 fully saturated rings. The first-order chi connectivity index (χ1) is 6.07. The van der Waals surface area contributed by atoms with E-state index in [0.717, 1.165) is 6.42 Å². The monoisotopic (exact) mass is 251 g/mol. The van der Waals surface area contributed by atoms with Crippen molar-refractivity contribution in [1.29, 1.82) is 0 Å². The Morgan fingerprint density at radius 3 is 2.62 bits per heavy atom. The van der Waals surface area contributed by atoms with Crippen molar-refractivity contribution in [2.75, 3.05) is 0 Å². The lowest BCUT2D eigenvalue weighted by molar-refractivity contribution is 0.191. The van der Waals surface area contributed by atoms with Gasteiger partial charge in [0.1, 0.15) is 0 Å². The van der Waals surface area contributed by atoms with Gasteiger partial charge in [-0.15, -0.1) is 0 Å². The average molecular weight is 252 g/mol. The van der Waals surface area contributed by atoms with Crippen LogP contribution in [0.25, 0.3) is 0 Å². The highest BCUT2D eigenvalue weighted by Gasteiger charge is 2.14. The van der Waals surface area contributed by atoms with E-state index in [2.05, 4.69) is 28.2 Å². The first-order valence-electron chi connectivity index (χ1n) is 4.71. The molecule has 1 amide bonds. The molecule has 0 saturated heterocycles. The fraction of sp³-hybridized carbons (Fsp3) is 0.889. The van der Waals surface area contributed by atoms with Gasteiger partial charge in [-0.05, 0) is 12.3 Å². The van der Waals surface area contributed by atoms with Crippen molar-refractivity contribution >= 4 is 22.0 Å². The molecule has 4 heteroatoms. The summed E-state index contributed by atoms with van der Waals surface area (Å²) in [5, 5.41) is 10.9. The second-order valence-corrected chi connectivity index (χ2v) is 4.31. The predicted octanol–water partition coefficient (Wildman–Crippen LogP) is 3.19. The standard InChI is InChI=1S/C9H18BrNO2/c1-3-4-5-6-7(2)8(10)11-9(12)13/h7-8,11H,3-6H2,1-2H3,(H,12,13). The number of alkyl halides is 1. The van der Waals surface area contributed by atoms with E-state index < -0.39 is 6.09 Å². The number of amides is 1. The molecule has 0 aromatic rings. The van der Waals surface area contributed by atoms with Crippen LogP contribution in [0.3, 0.4) is 0 Å². The highest BCUT2D eigenvalue weighted by molar-refractivity contribution is 9.09. The summed E-state index contributed by atoms with van der Waals surface area (Å²) in [6.07, 6.45) is 3.68. The van der Waals surface area contributed by atoms with Crippen LogP contribution in [0.4, 0.5) is 4.79 Å². The van der Waals surface area contributed by atoms with E-state index in [1.807, 2.05) is 6.92 Å². The molecule has 0 saturated carbocycles. The van der Waals surface area contributed by atoms with Gasteiger partial charge in [-0.2, -0.15) is 0 Å². The lowest BCUT2D eigenvalue weighted by Gasteiger charge is -2.17. The zero-order valence-corrected chi connectivity index (χ0v) is 9.80. The first-order valence-corrected chi connectivity index (χ1v) is 5.63. The molecule has 2 unspecified atom stereocenters. The Balaban J connectivity index is 3.56. The molecular weight excluding hydrogens is 234 g/mol. The van der Waals surface area contributed by atoms with Crippen molar-refractivity contribution in [3.63, 3.8) is 0 Å². The summed E-state index contributed by atoms with van der Waals surface area (Å²) >= 11 is 3.30. The van der Waals surface area contributed by atoms with Crippen molar-refractivity contribution in [3.05, 3.63) is 0 Å². The Hall–Kier alpha value is -0.250. The summed E-state index contributed by atoms with van der Waals surface area (Å²) in [4.78, 5) is 10.2. The minimum Gasteiger partial charge on any atom is -0.465 e. The minimum atomic E-state index is -0.968. The molecule has 0 aromatic heterocycles. The smallest absolute Gasteiger partial charge is 0.405 e. The van der Waals surface area contributed by atoms with Gasteiger partial charge in [0.25, 0.3) is 0 Å². The van der Waals surface area contributed by atoms with Crippen LogP contribution in [0.2, 0.25) is 0 Å². The van der Waals surface area contributed by atoms with Crippen LogP contribution in [0.5, 0.6) is 0 Å². The third-order valence-electron chi connectivity index (χ3n) is 2.02. The topological polar surface area (TPSA) is 49.3 Å². The highest BCUT2D eigenvalue weighted by Crippen LogP contribution is 2.17. The molecule has 0 aliphatic carbocycles. The maximum Gasteiger partial charge on any atom is 0.405 e. The van der Waals surface area contributed by atoms with E-state index in [4.69, 9.17) is 5.11 Å². The summed E-state index contributed by atoms with van der Waals surface area (Å²) in [6.45, 7) is 4.21. The minimum absolute atomic E-state index is 0.123. The first kappa shape index (κ1) is 12.8. The lowest BCUT2D eigenvalue weighted by atomic mass is 10.0. The molecule has 0 rings (SSSR count). The van der Waals surface area contributed by atoms with Gasteiger partial charge in [-0.25, -0.2) is 4.79 Å². The molecule has 0 heterocycles. The summed E-state index contributed by atoms with van der Waals surface area (Å²) in [7, 11) is 0. The number of unbranched alkanes of at least 4 members (excludes halogenated alkanes) is 2. The van der Waals surface area contributed by atoms with E-state index >= 15 is 0 Å². The van der Waals surface area contributed by atoms with Gasteiger partial charge < -0.3 is 10.4 Å². The number of hydrogen-bond donors (Lipinski definition) is 2. The number of halogens is 1. The second kappa shape index (κ2) is 7.18. The summed E-state index contributed by atoms with van der Waals surface area (Å²) in [6, 6.07) is 0. The van der Waals surface area contributed by atoms with E-state index in [-0.39, 0.29) is 4.95 Å². The Labute approximate surface area is 88.0 Å². The van der Waals surface area contributed by atoms with E-state index in [1.54, 1.807) is 0 Å². The van der Waals surface area contributed by atoms with Gasteiger partial charge in [-0.1, -0.05) is 49.0 Å². The lowest BCUT2D eigenvalue weighted by Crippen LogP contribution is -2.33. The average Bonchev–Trinajstić information content (AvgIpc) is 2.03. The summed E-state index contributed by atoms with van der Waals surface area (Å²) in [5.74, 6) is 0.350. The fourth-order valence-electron chi connectivity index (χ4n) is 1.12. The maximum atomic E-state index is 10.3. The van der Waals surface area contributed by atoms with Crippen LogP contribution in [0.15, 0.2) is 0 Å². The number of carbonyl (C=O) groups is 1. The predicted molar refractivity (Wildman–Crippen MR) is 57.2 cm³/mol. The van der Waals surface area contributed by atoms with Crippen molar-refractivity contribution in [2.45, 2.75) is 44.5 Å². The molecule has 0 aromatic carbocycles.